The minimum Gasteiger partial charge on any atom is -0.478 e. The molecule has 0 spiro atoms. The first kappa shape index (κ1) is 15.6. The van der Waals surface area contributed by atoms with E-state index in [-0.39, 0.29) is 36.0 Å². The minimum atomic E-state index is -3.60. The van der Waals surface area contributed by atoms with E-state index in [1.165, 1.54) is 12.1 Å². The van der Waals surface area contributed by atoms with Gasteiger partial charge in [-0.3, -0.25) is 0 Å². The van der Waals surface area contributed by atoms with Crippen LogP contribution in [0.1, 0.15) is 15.9 Å². The summed E-state index contributed by atoms with van der Waals surface area (Å²) in [6.45, 7) is 1.46. The molecule has 0 atom stereocenters. The van der Waals surface area contributed by atoms with Crippen LogP contribution < -0.4 is 0 Å². The smallest absolute Gasteiger partial charge is 0.335 e. The van der Waals surface area contributed by atoms with Crippen molar-refractivity contribution in [3.8, 4) is 0 Å². The first-order chi connectivity index (χ1) is 8.88. The van der Waals surface area contributed by atoms with E-state index in [2.05, 4.69) is 0 Å². The normalized spacial score (nSPS) is 11.5. The quantitative estimate of drug-likeness (QED) is 0.708. The molecule has 1 aromatic rings. The molecule has 6 nitrogen and oxygen atoms in total. The number of benzene rings is 1. The minimum absolute atomic E-state index is 0.00000142. The van der Waals surface area contributed by atoms with E-state index >= 15 is 0 Å². The lowest BCUT2D eigenvalue weighted by Gasteiger charge is -2.09. The Morgan fingerprint density at radius 3 is 2.58 bits per heavy atom. The molecule has 0 saturated heterocycles. The van der Waals surface area contributed by atoms with Crippen molar-refractivity contribution >= 4 is 15.8 Å². The summed E-state index contributed by atoms with van der Waals surface area (Å²) < 4.78 is 29.0. The summed E-state index contributed by atoms with van der Waals surface area (Å²) >= 11 is 0. The van der Waals surface area contributed by atoms with Crippen LogP contribution in [0.25, 0.3) is 0 Å². The zero-order valence-electron chi connectivity index (χ0n) is 10.5. The molecule has 0 saturated carbocycles. The van der Waals surface area contributed by atoms with Gasteiger partial charge < -0.3 is 14.9 Å². The van der Waals surface area contributed by atoms with E-state index in [9.17, 15) is 13.2 Å². The molecule has 7 heteroatoms. The van der Waals surface area contributed by atoms with Gasteiger partial charge >= 0.3 is 5.97 Å². The van der Waals surface area contributed by atoms with Gasteiger partial charge in [0.2, 0.25) is 0 Å². The molecule has 0 aliphatic heterocycles. The van der Waals surface area contributed by atoms with E-state index in [1.807, 2.05) is 0 Å². The number of aliphatic hydroxyl groups excluding tert-OH is 1. The van der Waals surface area contributed by atoms with Gasteiger partial charge in [-0.25, -0.2) is 13.2 Å². The number of sulfone groups is 1. The lowest BCUT2D eigenvalue weighted by atomic mass is 10.1. The van der Waals surface area contributed by atoms with Gasteiger partial charge in [0, 0.05) is 0 Å². The number of carboxylic acid groups (broad SMARTS) is 1. The Hall–Kier alpha value is -1.44. The van der Waals surface area contributed by atoms with Gasteiger partial charge in [-0.1, -0.05) is 6.07 Å². The molecule has 0 aliphatic carbocycles. The highest BCUT2D eigenvalue weighted by molar-refractivity contribution is 7.91. The maximum Gasteiger partial charge on any atom is 0.335 e. The van der Waals surface area contributed by atoms with Crippen LogP contribution in [0.4, 0.5) is 0 Å². The van der Waals surface area contributed by atoms with Crippen molar-refractivity contribution in [1.82, 2.24) is 0 Å². The Morgan fingerprint density at radius 1 is 1.32 bits per heavy atom. The van der Waals surface area contributed by atoms with Crippen LogP contribution in [0.3, 0.4) is 0 Å². The number of aromatic carboxylic acids is 1. The first-order valence-corrected chi connectivity index (χ1v) is 7.29. The van der Waals surface area contributed by atoms with Crippen molar-refractivity contribution in [3.05, 3.63) is 29.3 Å². The van der Waals surface area contributed by atoms with Crippen LogP contribution in [0.15, 0.2) is 23.1 Å². The fraction of sp³-hybridized carbons (Fsp3) is 0.417. The van der Waals surface area contributed by atoms with Crippen LogP contribution >= 0.6 is 0 Å². The average Bonchev–Trinajstić information content (AvgIpc) is 2.34. The maximum absolute atomic E-state index is 12.1. The van der Waals surface area contributed by atoms with E-state index < -0.39 is 15.8 Å². The Bertz CT molecular complexity index is 549. The largest absolute Gasteiger partial charge is 0.478 e. The van der Waals surface area contributed by atoms with E-state index in [0.717, 1.165) is 6.07 Å². The summed E-state index contributed by atoms with van der Waals surface area (Å²) in [6, 6.07) is 3.98. The molecule has 0 fully saturated rings. The summed E-state index contributed by atoms with van der Waals surface area (Å²) in [6.07, 6.45) is 0. The molecule has 0 radical (unpaired) electrons. The highest BCUT2D eigenvalue weighted by Crippen LogP contribution is 2.18. The third-order valence-electron chi connectivity index (χ3n) is 2.50. The number of hydrogen-bond donors (Lipinski definition) is 2. The molecule has 106 valence electrons. The second-order valence-corrected chi connectivity index (χ2v) is 6.02. The third kappa shape index (κ3) is 4.30. The van der Waals surface area contributed by atoms with Gasteiger partial charge in [0.05, 0.1) is 36.0 Å². The van der Waals surface area contributed by atoms with Crippen LogP contribution in [0.5, 0.6) is 0 Å². The van der Waals surface area contributed by atoms with Gasteiger partial charge in [0.1, 0.15) is 0 Å². The molecule has 1 aromatic carbocycles. The highest BCUT2D eigenvalue weighted by atomic mass is 32.2. The van der Waals surface area contributed by atoms with Crippen molar-refractivity contribution in [1.29, 1.82) is 0 Å². The van der Waals surface area contributed by atoms with Crippen LogP contribution in [0.2, 0.25) is 0 Å². The lowest BCUT2D eigenvalue weighted by molar-refractivity contribution is 0.0696. The zero-order chi connectivity index (χ0) is 14.5. The average molecular weight is 288 g/mol. The standard InChI is InChI=1S/C12H16O6S/c1-9-2-3-10(12(14)15)8-11(9)19(16,17)7-6-18-5-4-13/h2-3,8,13H,4-7H2,1H3,(H,14,15). The molecule has 0 amide bonds. The molecule has 0 unspecified atom stereocenters. The number of carboxylic acids is 1. The fourth-order valence-electron chi connectivity index (χ4n) is 1.51. The summed E-state index contributed by atoms with van der Waals surface area (Å²) in [5.41, 5.74) is 0.424. The highest BCUT2D eigenvalue weighted by Gasteiger charge is 2.19. The van der Waals surface area contributed by atoms with Gasteiger partial charge in [0.25, 0.3) is 0 Å². The fourth-order valence-corrected chi connectivity index (χ4v) is 2.94. The summed E-state index contributed by atoms with van der Waals surface area (Å²) in [4.78, 5) is 10.8. The monoisotopic (exact) mass is 288 g/mol. The first-order valence-electron chi connectivity index (χ1n) is 5.64. The second-order valence-electron chi connectivity index (χ2n) is 3.94. The second kappa shape index (κ2) is 6.65. The molecule has 19 heavy (non-hydrogen) atoms. The third-order valence-corrected chi connectivity index (χ3v) is 4.32. The molecule has 1 rings (SSSR count). The van der Waals surface area contributed by atoms with Crippen LogP contribution in [-0.2, 0) is 14.6 Å². The molecule has 0 aromatic heterocycles. The Balaban J connectivity index is 2.94. The van der Waals surface area contributed by atoms with E-state index in [1.54, 1.807) is 6.92 Å². The van der Waals surface area contributed by atoms with E-state index in [4.69, 9.17) is 14.9 Å². The van der Waals surface area contributed by atoms with Crippen molar-refractivity contribution in [2.75, 3.05) is 25.6 Å². The van der Waals surface area contributed by atoms with Crippen molar-refractivity contribution in [3.63, 3.8) is 0 Å². The predicted octanol–water partition coefficient (Wildman–Crippen LogP) is 0.476. The predicted molar refractivity (Wildman–Crippen MR) is 68.1 cm³/mol. The van der Waals surface area contributed by atoms with Crippen molar-refractivity contribution in [2.45, 2.75) is 11.8 Å². The van der Waals surface area contributed by atoms with Gasteiger partial charge in [-0.2, -0.15) is 0 Å². The molecular formula is C12H16O6S. The number of aliphatic hydroxyl groups is 1. The zero-order valence-corrected chi connectivity index (χ0v) is 11.3. The van der Waals surface area contributed by atoms with E-state index in [0.29, 0.717) is 5.56 Å². The van der Waals surface area contributed by atoms with Crippen molar-refractivity contribution in [2.24, 2.45) is 0 Å². The molecule has 0 aliphatic rings. The Labute approximate surface area is 111 Å². The number of carbonyl (C=O) groups is 1. The number of rotatable bonds is 7. The molecule has 0 bridgehead atoms. The topological polar surface area (TPSA) is 101 Å². The van der Waals surface area contributed by atoms with Gasteiger partial charge in [-0.05, 0) is 24.6 Å². The molecule has 2 N–H and O–H groups in total. The summed E-state index contributed by atoms with van der Waals surface area (Å²) in [5.74, 6) is -1.43. The SMILES string of the molecule is Cc1ccc(C(=O)O)cc1S(=O)(=O)CCOCCO. The van der Waals surface area contributed by atoms with Crippen LogP contribution in [0, 0.1) is 6.92 Å². The molecular weight excluding hydrogens is 272 g/mol. The Morgan fingerprint density at radius 2 is 2.00 bits per heavy atom. The molecule has 0 heterocycles. The van der Waals surface area contributed by atoms with Gasteiger partial charge in [0.15, 0.2) is 9.84 Å². The van der Waals surface area contributed by atoms with Gasteiger partial charge in [-0.15, -0.1) is 0 Å². The number of hydrogen-bond acceptors (Lipinski definition) is 5. The number of ether oxygens (including phenoxy) is 1. The summed E-state index contributed by atoms with van der Waals surface area (Å²) in [7, 11) is -3.60. The Kier molecular flexibility index (Phi) is 5.46. The summed E-state index contributed by atoms with van der Waals surface area (Å²) in [5, 5.41) is 17.4. The maximum atomic E-state index is 12.1. The number of aryl methyl sites for hydroxylation is 1. The van der Waals surface area contributed by atoms with Crippen LogP contribution in [-0.4, -0.2) is 50.2 Å². The van der Waals surface area contributed by atoms with Crippen molar-refractivity contribution < 1.29 is 28.2 Å². The lowest BCUT2D eigenvalue weighted by Crippen LogP contribution is -2.15.